The molecule has 0 aliphatic rings. The van der Waals surface area contributed by atoms with E-state index in [0.29, 0.717) is 29.9 Å². The Morgan fingerprint density at radius 1 is 0.909 bits per heavy atom. The van der Waals surface area contributed by atoms with Crippen LogP contribution in [-0.2, 0) is 13.1 Å². The minimum Gasteiger partial charge on any atom is -0.419 e. The molecule has 1 heterocycles. The van der Waals surface area contributed by atoms with Gasteiger partial charge in [-0.2, -0.15) is 0 Å². The fraction of sp³-hybridized carbons (Fsp3) is 0.125. The predicted molar refractivity (Wildman–Crippen MR) is 86.7 cm³/mol. The highest BCUT2D eigenvalue weighted by atomic mass is 35.5. The molecule has 0 aliphatic carbocycles. The number of nitrogens with one attached hydrogen (secondary N) is 1. The van der Waals surface area contributed by atoms with Gasteiger partial charge in [0, 0.05) is 22.2 Å². The molecule has 0 fully saturated rings. The molecule has 0 aliphatic heterocycles. The summed E-state index contributed by atoms with van der Waals surface area (Å²) in [6, 6.07) is 15.0. The fourth-order valence-corrected chi connectivity index (χ4v) is 2.31. The van der Waals surface area contributed by atoms with Crippen LogP contribution in [0.15, 0.2) is 52.9 Å². The van der Waals surface area contributed by atoms with Crippen LogP contribution in [0, 0.1) is 0 Å². The van der Waals surface area contributed by atoms with E-state index in [-0.39, 0.29) is 0 Å². The van der Waals surface area contributed by atoms with Gasteiger partial charge in [0.1, 0.15) is 0 Å². The van der Waals surface area contributed by atoms with Crippen molar-refractivity contribution < 1.29 is 4.42 Å². The zero-order chi connectivity index (χ0) is 15.4. The SMILES string of the molecule is Clc1ccc(-c2nnc(CNCc3ccccc3Cl)o2)cc1. The van der Waals surface area contributed by atoms with Crippen LogP contribution in [0.2, 0.25) is 10.0 Å². The van der Waals surface area contributed by atoms with Gasteiger partial charge in [-0.1, -0.05) is 41.4 Å². The van der Waals surface area contributed by atoms with E-state index in [0.717, 1.165) is 16.1 Å². The molecular weight excluding hydrogens is 321 g/mol. The van der Waals surface area contributed by atoms with Gasteiger partial charge in [-0.15, -0.1) is 10.2 Å². The lowest BCUT2D eigenvalue weighted by atomic mass is 10.2. The molecule has 3 rings (SSSR count). The summed E-state index contributed by atoms with van der Waals surface area (Å²) in [5, 5.41) is 12.7. The standard InChI is InChI=1S/C16H13Cl2N3O/c17-13-7-5-11(6-8-13)16-21-20-15(22-16)10-19-9-12-3-1-2-4-14(12)18/h1-8,19H,9-10H2. The molecule has 22 heavy (non-hydrogen) atoms. The van der Waals surface area contributed by atoms with Crippen LogP contribution in [0.3, 0.4) is 0 Å². The summed E-state index contributed by atoms with van der Waals surface area (Å²) >= 11 is 12.0. The highest BCUT2D eigenvalue weighted by molar-refractivity contribution is 6.31. The number of rotatable bonds is 5. The van der Waals surface area contributed by atoms with Crippen molar-refractivity contribution in [2.45, 2.75) is 13.1 Å². The summed E-state index contributed by atoms with van der Waals surface area (Å²) < 4.78 is 5.62. The Balaban J connectivity index is 1.60. The van der Waals surface area contributed by atoms with E-state index in [1.165, 1.54) is 0 Å². The van der Waals surface area contributed by atoms with Gasteiger partial charge in [-0.25, -0.2) is 0 Å². The van der Waals surface area contributed by atoms with Crippen molar-refractivity contribution in [3.8, 4) is 11.5 Å². The van der Waals surface area contributed by atoms with Crippen LogP contribution in [0.4, 0.5) is 0 Å². The second-order valence-electron chi connectivity index (χ2n) is 4.70. The molecule has 0 saturated heterocycles. The average molecular weight is 334 g/mol. The van der Waals surface area contributed by atoms with Crippen LogP contribution in [0.5, 0.6) is 0 Å². The minimum atomic E-state index is 0.478. The maximum atomic E-state index is 6.10. The highest BCUT2D eigenvalue weighted by Gasteiger charge is 2.08. The zero-order valence-electron chi connectivity index (χ0n) is 11.6. The summed E-state index contributed by atoms with van der Waals surface area (Å²) in [7, 11) is 0. The molecule has 1 aromatic heterocycles. The Morgan fingerprint density at radius 3 is 2.45 bits per heavy atom. The van der Waals surface area contributed by atoms with Crippen molar-refractivity contribution >= 4 is 23.2 Å². The van der Waals surface area contributed by atoms with Gasteiger partial charge in [0.05, 0.1) is 6.54 Å². The van der Waals surface area contributed by atoms with Crippen LogP contribution in [-0.4, -0.2) is 10.2 Å². The van der Waals surface area contributed by atoms with Crippen molar-refractivity contribution in [1.82, 2.24) is 15.5 Å². The van der Waals surface area contributed by atoms with E-state index < -0.39 is 0 Å². The second-order valence-corrected chi connectivity index (χ2v) is 5.55. The third kappa shape index (κ3) is 3.65. The molecule has 0 unspecified atom stereocenters. The van der Waals surface area contributed by atoms with Crippen molar-refractivity contribution in [3.63, 3.8) is 0 Å². The van der Waals surface area contributed by atoms with E-state index in [9.17, 15) is 0 Å². The van der Waals surface area contributed by atoms with Crippen LogP contribution in [0.25, 0.3) is 11.5 Å². The van der Waals surface area contributed by atoms with Gasteiger partial charge in [-0.3, -0.25) is 0 Å². The molecule has 2 aromatic carbocycles. The minimum absolute atomic E-state index is 0.478. The van der Waals surface area contributed by atoms with Crippen molar-refractivity contribution in [2.24, 2.45) is 0 Å². The Morgan fingerprint density at radius 2 is 1.68 bits per heavy atom. The smallest absolute Gasteiger partial charge is 0.247 e. The van der Waals surface area contributed by atoms with Gasteiger partial charge in [0.2, 0.25) is 11.8 Å². The molecule has 0 saturated carbocycles. The third-order valence-electron chi connectivity index (χ3n) is 3.11. The Kier molecular flexibility index (Phi) is 4.73. The van der Waals surface area contributed by atoms with Gasteiger partial charge in [0.25, 0.3) is 0 Å². The Labute approximate surface area is 138 Å². The Hall–Kier alpha value is -1.88. The van der Waals surface area contributed by atoms with E-state index in [2.05, 4.69) is 15.5 Å². The zero-order valence-corrected chi connectivity index (χ0v) is 13.1. The summed E-state index contributed by atoms with van der Waals surface area (Å²) in [6.07, 6.45) is 0. The molecule has 4 nitrogen and oxygen atoms in total. The first-order valence-electron chi connectivity index (χ1n) is 6.75. The molecule has 3 aromatic rings. The van der Waals surface area contributed by atoms with E-state index in [4.69, 9.17) is 27.6 Å². The summed E-state index contributed by atoms with van der Waals surface area (Å²) in [6.45, 7) is 1.12. The largest absolute Gasteiger partial charge is 0.419 e. The maximum Gasteiger partial charge on any atom is 0.247 e. The molecule has 112 valence electrons. The van der Waals surface area contributed by atoms with Gasteiger partial charge >= 0.3 is 0 Å². The fourth-order valence-electron chi connectivity index (χ4n) is 1.98. The monoisotopic (exact) mass is 333 g/mol. The lowest BCUT2D eigenvalue weighted by Gasteiger charge is -2.04. The maximum absolute atomic E-state index is 6.10. The van der Waals surface area contributed by atoms with Crippen molar-refractivity contribution in [2.75, 3.05) is 0 Å². The van der Waals surface area contributed by atoms with E-state index >= 15 is 0 Å². The molecule has 0 amide bonds. The number of aromatic nitrogens is 2. The van der Waals surface area contributed by atoms with Crippen molar-refractivity contribution in [3.05, 3.63) is 70.0 Å². The lowest BCUT2D eigenvalue weighted by Crippen LogP contribution is -2.13. The molecular formula is C16H13Cl2N3O. The van der Waals surface area contributed by atoms with E-state index in [1.807, 2.05) is 36.4 Å². The second kappa shape index (κ2) is 6.92. The first kappa shape index (κ1) is 15.0. The summed E-state index contributed by atoms with van der Waals surface area (Å²) in [4.78, 5) is 0. The summed E-state index contributed by atoms with van der Waals surface area (Å²) in [5.74, 6) is 1.00. The van der Waals surface area contributed by atoms with Crippen molar-refractivity contribution in [1.29, 1.82) is 0 Å². The number of benzene rings is 2. The van der Waals surface area contributed by atoms with Gasteiger partial charge < -0.3 is 9.73 Å². The van der Waals surface area contributed by atoms with Crippen LogP contribution >= 0.6 is 23.2 Å². The van der Waals surface area contributed by atoms with Crippen LogP contribution in [0.1, 0.15) is 11.5 Å². The third-order valence-corrected chi connectivity index (χ3v) is 3.73. The highest BCUT2D eigenvalue weighted by Crippen LogP contribution is 2.20. The number of halogens is 2. The predicted octanol–water partition coefficient (Wildman–Crippen LogP) is 4.33. The molecule has 1 N–H and O–H groups in total. The summed E-state index contributed by atoms with van der Waals surface area (Å²) in [5.41, 5.74) is 1.87. The van der Waals surface area contributed by atoms with Gasteiger partial charge in [0.15, 0.2) is 0 Å². The topological polar surface area (TPSA) is 51.0 Å². The lowest BCUT2D eigenvalue weighted by molar-refractivity contribution is 0.477. The number of nitrogens with zero attached hydrogens (tertiary/aromatic N) is 2. The first-order valence-corrected chi connectivity index (χ1v) is 7.50. The van der Waals surface area contributed by atoms with Crippen LogP contribution < -0.4 is 5.32 Å². The average Bonchev–Trinajstić information content (AvgIpc) is 2.99. The first-order chi connectivity index (χ1) is 10.7. The molecule has 6 heteroatoms. The normalized spacial score (nSPS) is 10.8. The molecule has 0 bridgehead atoms. The molecule has 0 spiro atoms. The number of hydrogen-bond acceptors (Lipinski definition) is 4. The number of hydrogen-bond donors (Lipinski definition) is 1. The Bertz CT molecular complexity index is 756. The quantitative estimate of drug-likeness (QED) is 0.754. The van der Waals surface area contributed by atoms with Gasteiger partial charge in [-0.05, 0) is 35.9 Å². The molecule has 0 atom stereocenters. The molecule has 0 radical (unpaired) electrons. The van der Waals surface area contributed by atoms with E-state index in [1.54, 1.807) is 12.1 Å².